The first-order valence-corrected chi connectivity index (χ1v) is 11.2. The standard InChI is InChI=1S/C24H27N2OP/c1-4-10-22(11-5-1)26-18-16-25(17-19-26)20-21-27-28(23-12-6-2-7-13-23)24-14-8-3-9-15-24/h1-15H,16-21H2. The highest BCUT2D eigenvalue weighted by molar-refractivity contribution is 7.68. The maximum atomic E-state index is 6.44. The van der Waals surface area contributed by atoms with Crippen LogP contribution in [0.2, 0.25) is 0 Å². The molecule has 1 heterocycles. The van der Waals surface area contributed by atoms with Crippen LogP contribution in [0, 0.1) is 0 Å². The molecule has 4 heteroatoms. The van der Waals surface area contributed by atoms with Gasteiger partial charge in [0.15, 0.2) is 0 Å². The van der Waals surface area contributed by atoms with E-state index in [-0.39, 0.29) is 0 Å². The van der Waals surface area contributed by atoms with Crippen molar-refractivity contribution in [3.8, 4) is 0 Å². The van der Waals surface area contributed by atoms with E-state index in [4.69, 9.17) is 4.52 Å². The van der Waals surface area contributed by atoms with Crippen LogP contribution in [0.5, 0.6) is 0 Å². The Morgan fingerprint density at radius 2 is 1.14 bits per heavy atom. The van der Waals surface area contributed by atoms with Crippen LogP contribution in [-0.2, 0) is 4.52 Å². The number of benzene rings is 3. The van der Waals surface area contributed by atoms with E-state index in [0.717, 1.165) is 39.3 Å². The summed E-state index contributed by atoms with van der Waals surface area (Å²) in [6.07, 6.45) is 0. The zero-order chi connectivity index (χ0) is 19.0. The minimum atomic E-state index is -0.760. The molecule has 1 saturated heterocycles. The highest BCUT2D eigenvalue weighted by Crippen LogP contribution is 2.34. The molecule has 28 heavy (non-hydrogen) atoms. The topological polar surface area (TPSA) is 15.7 Å². The van der Waals surface area contributed by atoms with Crippen LogP contribution >= 0.6 is 8.15 Å². The summed E-state index contributed by atoms with van der Waals surface area (Å²) < 4.78 is 6.44. The Kier molecular flexibility index (Phi) is 6.73. The molecule has 0 amide bonds. The van der Waals surface area contributed by atoms with Gasteiger partial charge in [-0.1, -0.05) is 78.9 Å². The van der Waals surface area contributed by atoms with Crippen molar-refractivity contribution in [2.24, 2.45) is 0 Å². The first-order chi connectivity index (χ1) is 13.9. The lowest BCUT2D eigenvalue weighted by Gasteiger charge is -2.36. The molecule has 0 bridgehead atoms. The highest BCUT2D eigenvalue weighted by Gasteiger charge is 2.19. The van der Waals surface area contributed by atoms with E-state index in [9.17, 15) is 0 Å². The van der Waals surface area contributed by atoms with Crippen molar-refractivity contribution < 1.29 is 4.52 Å². The summed E-state index contributed by atoms with van der Waals surface area (Å²) in [6.45, 7) is 6.09. The third-order valence-corrected chi connectivity index (χ3v) is 7.08. The van der Waals surface area contributed by atoms with E-state index in [0.29, 0.717) is 0 Å². The molecule has 0 aromatic heterocycles. The van der Waals surface area contributed by atoms with Gasteiger partial charge >= 0.3 is 0 Å². The van der Waals surface area contributed by atoms with Crippen molar-refractivity contribution >= 4 is 24.4 Å². The van der Waals surface area contributed by atoms with Gasteiger partial charge in [0.05, 0.1) is 14.8 Å². The maximum Gasteiger partial charge on any atom is 0.0918 e. The van der Waals surface area contributed by atoms with Crippen molar-refractivity contribution in [1.29, 1.82) is 0 Å². The number of hydrogen-bond donors (Lipinski definition) is 0. The molecular weight excluding hydrogens is 363 g/mol. The van der Waals surface area contributed by atoms with Crippen molar-refractivity contribution in [3.05, 3.63) is 91.0 Å². The molecule has 1 aliphatic heterocycles. The predicted molar refractivity (Wildman–Crippen MR) is 120 cm³/mol. The first kappa shape index (κ1) is 19.1. The lowest BCUT2D eigenvalue weighted by atomic mass is 10.2. The van der Waals surface area contributed by atoms with Crippen LogP contribution in [-0.4, -0.2) is 44.2 Å². The Bertz CT molecular complexity index is 781. The highest BCUT2D eigenvalue weighted by atomic mass is 31.1. The number of para-hydroxylation sites is 1. The minimum Gasteiger partial charge on any atom is -0.369 e. The Morgan fingerprint density at radius 1 is 0.643 bits per heavy atom. The maximum absolute atomic E-state index is 6.44. The number of nitrogens with zero attached hydrogens (tertiary/aromatic N) is 2. The van der Waals surface area contributed by atoms with Gasteiger partial charge in [-0.05, 0) is 12.1 Å². The second kappa shape index (κ2) is 9.84. The van der Waals surface area contributed by atoms with Crippen LogP contribution in [0.25, 0.3) is 0 Å². The fourth-order valence-electron chi connectivity index (χ4n) is 3.55. The Labute approximate surface area is 169 Å². The normalized spacial score (nSPS) is 15.1. The smallest absolute Gasteiger partial charge is 0.0918 e. The van der Waals surface area contributed by atoms with E-state index in [2.05, 4.69) is 101 Å². The summed E-state index contributed by atoms with van der Waals surface area (Å²) in [6, 6.07) is 31.9. The summed E-state index contributed by atoms with van der Waals surface area (Å²) in [4.78, 5) is 4.99. The molecule has 0 radical (unpaired) electrons. The Morgan fingerprint density at radius 3 is 1.68 bits per heavy atom. The Hall–Kier alpha value is -2.19. The molecule has 144 valence electrons. The summed E-state index contributed by atoms with van der Waals surface area (Å²) >= 11 is 0. The largest absolute Gasteiger partial charge is 0.369 e. The zero-order valence-corrected chi connectivity index (χ0v) is 17.0. The summed E-state index contributed by atoms with van der Waals surface area (Å²) in [7, 11) is -0.760. The molecule has 0 N–H and O–H groups in total. The van der Waals surface area contributed by atoms with Gasteiger partial charge < -0.3 is 9.42 Å². The van der Waals surface area contributed by atoms with Crippen molar-refractivity contribution in [1.82, 2.24) is 4.90 Å². The molecule has 0 spiro atoms. The van der Waals surface area contributed by atoms with Gasteiger partial charge in [0.25, 0.3) is 0 Å². The van der Waals surface area contributed by atoms with Gasteiger partial charge in [-0.25, -0.2) is 0 Å². The lowest BCUT2D eigenvalue weighted by molar-refractivity contribution is 0.211. The van der Waals surface area contributed by atoms with Crippen LogP contribution in [0.3, 0.4) is 0 Å². The van der Waals surface area contributed by atoms with E-state index < -0.39 is 8.15 Å². The number of hydrogen-bond acceptors (Lipinski definition) is 3. The molecule has 1 fully saturated rings. The van der Waals surface area contributed by atoms with E-state index in [1.54, 1.807) is 0 Å². The molecule has 3 aromatic carbocycles. The second-order valence-electron chi connectivity index (χ2n) is 6.96. The van der Waals surface area contributed by atoms with Crippen LogP contribution < -0.4 is 15.5 Å². The molecule has 4 rings (SSSR count). The van der Waals surface area contributed by atoms with Crippen molar-refractivity contribution in [2.45, 2.75) is 0 Å². The van der Waals surface area contributed by atoms with E-state index in [1.807, 2.05) is 0 Å². The third-order valence-electron chi connectivity index (χ3n) is 5.10. The Balaban J connectivity index is 1.31. The zero-order valence-electron chi connectivity index (χ0n) is 16.2. The summed E-state index contributed by atoms with van der Waals surface area (Å²) in [5.41, 5.74) is 1.33. The average Bonchev–Trinajstić information content (AvgIpc) is 2.79. The molecule has 0 aliphatic carbocycles. The molecule has 1 aliphatic rings. The average molecular weight is 390 g/mol. The van der Waals surface area contributed by atoms with Gasteiger partial charge in [-0.2, -0.15) is 0 Å². The number of rotatable bonds is 7. The molecular formula is C24H27N2OP. The van der Waals surface area contributed by atoms with E-state index >= 15 is 0 Å². The van der Waals surface area contributed by atoms with Gasteiger partial charge in [0, 0.05) is 49.0 Å². The van der Waals surface area contributed by atoms with Crippen molar-refractivity contribution in [3.63, 3.8) is 0 Å². The summed E-state index contributed by atoms with van der Waals surface area (Å²) in [5, 5.41) is 2.55. The van der Waals surface area contributed by atoms with Crippen LogP contribution in [0.1, 0.15) is 0 Å². The van der Waals surface area contributed by atoms with Gasteiger partial charge in [-0.3, -0.25) is 4.90 Å². The molecule has 3 nitrogen and oxygen atoms in total. The second-order valence-corrected chi connectivity index (χ2v) is 8.84. The fraction of sp³-hybridized carbons (Fsp3) is 0.250. The number of anilines is 1. The lowest BCUT2D eigenvalue weighted by Crippen LogP contribution is -2.47. The van der Waals surface area contributed by atoms with Crippen molar-refractivity contribution in [2.75, 3.05) is 44.2 Å². The summed E-state index contributed by atoms with van der Waals surface area (Å²) in [5.74, 6) is 0. The molecule has 3 aromatic rings. The fourth-order valence-corrected chi connectivity index (χ4v) is 5.30. The van der Waals surface area contributed by atoms with E-state index in [1.165, 1.54) is 16.3 Å². The minimum absolute atomic E-state index is 0.760. The molecule has 0 saturated carbocycles. The van der Waals surface area contributed by atoms with Gasteiger partial charge in [0.1, 0.15) is 0 Å². The third kappa shape index (κ3) is 4.99. The van der Waals surface area contributed by atoms with Crippen LogP contribution in [0.4, 0.5) is 5.69 Å². The SMILES string of the molecule is c1ccc(N2CCN(CCOP(c3ccccc3)c3ccccc3)CC2)cc1. The molecule has 0 atom stereocenters. The van der Waals surface area contributed by atoms with Gasteiger partial charge in [0.2, 0.25) is 0 Å². The first-order valence-electron chi connectivity index (χ1n) is 9.96. The molecule has 0 unspecified atom stereocenters. The van der Waals surface area contributed by atoms with Gasteiger partial charge in [-0.15, -0.1) is 0 Å². The monoisotopic (exact) mass is 390 g/mol. The predicted octanol–water partition coefficient (Wildman–Crippen LogP) is 3.87. The van der Waals surface area contributed by atoms with Crippen LogP contribution in [0.15, 0.2) is 91.0 Å². The quantitative estimate of drug-likeness (QED) is 0.570. The number of piperazine rings is 1.